The minimum absolute atomic E-state index is 0.285. The maximum Gasteiger partial charge on any atom is 0.490 e. The van der Waals surface area contributed by atoms with Crippen LogP contribution < -0.4 is 20.7 Å². The van der Waals surface area contributed by atoms with E-state index in [0.717, 1.165) is 66.3 Å². The van der Waals surface area contributed by atoms with E-state index >= 15 is 0 Å². The lowest BCUT2D eigenvalue weighted by Gasteiger charge is -2.28. The Morgan fingerprint density at radius 1 is 0.900 bits per heavy atom. The fourth-order valence-corrected chi connectivity index (χ4v) is 6.43. The topological polar surface area (TPSA) is 172 Å². The normalized spacial score (nSPS) is 16.5. The van der Waals surface area contributed by atoms with E-state index in [2.05, 4.69) is 36.6 Å². The van der Waals surface area contributed by atoms with Gasteiger partial charge in [0.1, 0.15) is 11.4 Å². The summed E-state index contributed by atoms with van der Waals surface area (Å²) < 4.78 is 65.9. The minimum atomic E-state index is -5.08. The van der Waals surface area contributed by atoms with Crippen LogP contribution in [0.1, 0.15) is 59.3 Å². The summed E-state index contributed by atoms with van der Waals surface area (Å²) in [5.74, 6) is -0.573. The number of halogens is 4. The molecule has 1 fully saturated rings. The fraction of sp³-hybridized carbons (Fsp3) is 0.515. The molecule has 2 aromatic carbocycles. The number of amides is 1. The highest BCUT2D eigenvalue weighted by Crippen LogP contribution is 2.29. The van der Waals surface area contributed by atoms with Crippen molar-refractivity contribution in [3.63, 3.8) is 0 Å². The van der Waals surface area contributed by atoms with Crippen LogP contribution in [-0.4, -0.2) is 73.5 Å². The third-order valence-electron chi connectivity index (χ3n) is 7.61. The van der Waals surface area contributed by atoms with Gasteiger partial charge in [-0.15, -0.1) is 0 Å². The highest BCUT2D eigenvalue weighted by molar-refractivity contribution is 9.10. The van der Waals surface area contributed by atoms with E-state index in [1.165, 1.54) is 0 Å². The van der Waals surface area contributed by atoms with E-state index in [4.69, 9.17) is 24.6 Å². The third-order valence-corrected chi connectivity index (χ3v) is 9.58. The largest absolute Gasteiger partial charge is 0.490 e. The Morgan fingerprint density at radius 3 is 2.08 bits per heavy atom. The fourth-order valence-electron chi connectivity index (χ4n) is 5.05. The first kappa shape index (κ1) is 40.7. The molecule has 3 aromatic rings. The molecule has 0 saturated heterocycles. The standard InChI is InChI=1S/C31H43BrN6O4S.C2HF3O2/c1-31(2,3)42-30(39)34-19-7-6-18-33-28-26-8-4-5-9-27(26)37-29(38-28)35-20-22-10-12-23(13-11-22)21-36-43(40,41)25-16-14-24(32)15-17-25;3-2(4,5)1(6)7/h4-5,8-9,14-17,22-23,36H,6-7,10-13,18-21H2,1-3H3,(H,34,39)(H2,33,35,37,38);(H,6,7). The number of carboxylic acid groups (broad SMARTS) is 1. The molecule has 1 heterocycles. The first-order valence-electron chi connectivity index (χ1n) is 16.2. The molecule has 1 aliphatic carbocycles. The van der Waals surface area contributed by atoms with Crippen LogP contribution in [-0.2, 0) is 19.6 Å². The summed E-state index contributed by atoms with van der Waals surface area (Å²) in [4.78, 5) is 30.5. The number of nitrogens with zero attached hydrogens (tertiary/aromatic N) is 2. The number of nitrogens with one attached hydrogen (secondary N) is 4. The summed E-state index contributed by atoms with van der Waals surface area (Å²) in [7, 11) is -3.51. The van der Waals surface area contributed by atoms with Crippen molar-refractivity contribution in [2.75, 3.05) is 36.8 Å². The Morgan fingerprint density at radius 2 is 1.48 bits per heavy atom. The number of unbranched alkanes of at least 4 members (excludes halogenated alkanes) is 1. The van der Waals surface area contributed by atoms with Crippen LogP contribution in [0.25, 0.3) is 10.9 Å². The number of alkyl carbamates (subject to hydrolysis) is 1. The van der Waals surface area contributed by atoms with Gasteiger partial charge in [-0.25, -0.2) is 27.7 Å². The van der Waals surface area contributed by atoms with Crippen molar-refractivity contribution in [2.45, 2.75) is 76.0 Å². The number of carbonyl (C=O) groups is 2. The maximum absolute atomic E-state index is 12.6. The lowest BCUT2D eigenvalue weighted by atomic mass is 9.82. The van der Waals surface area contributed by atoms with E-state index in [1.807, 2.05) is 45.0 Å². The van der Waals surface area contributed by atoms with Gasteiger partial charge >= 0.3 is 18.2 Å². The number of hydrogen-bond donors (Lipinski definition) is 5. The zero-order valence-electron chi connectivity index (χ0n) is 28.1. The molecule has 0 bridgehead atoms. The van der Waals surface area contributed by atoms with Crippen LogP contribution in [0.2, 0.25) is 0 Å². The van der Waals surface area contributed by atoms with Crippen molar-refractivity contribution in [1.82, 2.24) is 20.0 Å². The van der Waals surface area contributed by atoms with Gasteiger partial charge in [-0.1, -0.05) is 28.1 Å². The predicted molar refractivity (Wildman–Crippen MR) is 188 cm³/mol. The van der Waals surface area contributed by atoms with E-state index in [-0.39, 0.29) is 4.90 Å². The lowest BCUT2D eigenvalue weighted by Crippen LogP contribution is -2.33. The molecule has 276 valence electrons. The molecule has 0 spiro atoms. The molecule has 1 saturated carbocycles. The van der Waals surface area contributed by atoms with Crippen molar-refractivity contribution < 1.29 is 41.0 Å². The van der Waals surface area contributed by atoms with Crippen LogP contribution >= 0.6 is 15.9 Å². The van der Waals surface area contributed by atoms with Crippen LogP contribution in [0, 0.1) is 11.8 Å². The quantitative estimate of drug-likeness (QED) is 0.114. The molecule has 4 rings (SSSR count). The molecular weight excluding hydrogens is 745 g/mol. The molecule has 50 heavy (non-hydrogen) atoms. The molecule has 0 atom stereocenters. The molecule has 17 heteroatoms. The lowest BCUT2D eigenvalue weighted by molar-refractivity contribution is -0.192. The number of rotatable bonds is 13. The zero-order valence-corrected chi connectivity index (χ0v) is 30.6. The smallest absolute Gasteiger partial charge is 0.475 e. The number of para-hydroxylation sites is 1. The summed E-state index contributed by atoms with van der Waals surface area (Å²) >= 11 is 3.34. The number of ether oxygens (including phenoxy) is 1. The number of hydrogen-bond acceptors (Lipinski definition) is 9. The maximum atomic E-state index is 12.6. The Balaban J connectivity index is 0.000000872. The zero-order chi connectivity index (χ0) is 37.0. The summed E-state index contributed by atoms with van der Waals surface area (Å²) in [6.45, 7) is 8.03. The summed E-state index contributed by atoms with van der Waals surface area (Å²) in [5, 5.41) is 17.8. The Hall–Kier alpha value is -3.70. The first-order chi connectivity index (χ1) is 23.4. The number of sulfonamides is 1. The number of aliphatic carboxylic acids is 1. The number of carboxylic acids is 1. The van der Waals surface area contributed by atoms with Crippen molar-refractivity contribution in [1.29, 1.82) is 0 Å². The van der Waals surface area contributed by atoms with Crippen molar-refractivity contribution in [3.05, 3.63) is 53.0 Å². The Labute approximate surface area is 298 Å². The van der Waals surface area contributed by atoms with Crippen LogP contribution in [0.3, 0.4) is 0 Å². The monoisotopic (exact) mass is 788 g/mol. The van der Waals surface area contributed by atoms with Gasteiger partial charge in [0, 0.05) is 36.0 Å². The molecule has 1 aromatic heterocycles. The van der Waals surface area contributed by atoms with Gasteiger partial charge in [0.15, 0.2) is 0 Å². The Kier molecular flexibility index (Phi) is 15.1. The number of alkyl halides is 3. The van der Waals surface area contributed by atoms with Gasteiger partial charge in [-0.2, -0.15) is 18.2 Å². The van der Waals surface area contributed by atoms with Gasteiger partial charge in [0.2, 0.25) is 16.0 Å². The molecule has 1 amide bonds. The van der Waals surface area contributed by atoms with Gasteiger partial charge in [-0.3, -0.25) is 0 Å². The van der Waals surface area contributed by atoms with Crippen molar-refractivity contribution >= 4 is 60.7 Å². The van der Waals surface area contributed by atoms with Crippen LogP contribution in [0.4, 0.5) is 29.7 Å². The second-order valence-electron chi connectivity index (χ2n) is 12.9. The second kappa shape index (κ2) is 18.5. The third kappa shape index (κ3) is 14.3. The number of aromatic nitrogens is 2. The molecule has 5 N–H and O–H groups in total. The van der Waals surface area contributed by atoms with E-state index in [9.17, 15) is 26.4 Å². The molecule has 0 radical (unpaired) electrons. The van der Waals surface area contributed by atoms with Crippen LogP contribution in [0.5, 0.6) is 0 Å². The predicted octanol–water partition coefficient (Wildman–Crippen LogP) is 6.94. The molecular formula is C33H44BrF3N6O6S. The summed E-state index contributed by atoms with van der Waals surface area (Å²) in [6.07, 6.45) is 0.190. The first-order valence-corrected chi connectivity index (χ1v) is 18.5. The highest BCUT2D eigenvalue weighted by atomic mass is 79.9. The number of anilines is 2. The van der Waals surface area contributed by atoms with Gasteiger partial charge in [0.25, 0.3) is 0 Å². The average Bonchev–Trinajstić information content (AvgIpc) is 3.04. The second-order valence-corrected chi connectivity index (χ2v) is 15.5. The molecule has 1 aliphatic rings. The summed E-state index contributed by atoms with van der Waals surface area (Å²) in [6, 6.07) is 14.6. The van der Waals surface area contributed by atoms with E-state index in [0.29, 0.717) is 37.4 Å². The van der Waals surface area contributed by atoms with Gasteiger partial charge < -0.3 is 25.8 Å². The van der Waals surface area contributed by atoms with E-state index < -0.39 is 33.9 Å². The van der Waals surface area contributed by atoms with Gasteiger partial charge in [-0.05, 0) is 108 Å². The van der Waals surface area contributed by atoms with E-state index in [1.54, 1.807) is 24.3 Å². The number of benzene rings is 2. The van der Waals surface area contributed by atoms with Crippen LogP contribution in [0.15, 0.2) is 57.9 Å². The molecule has 0 aliphatic heterocycles. The summed E-state index contributed by atoms with van der Waals surface area (Å²) in [5.41, 5.74) is 0.366. The number of fused-ring (bicyclic) bond motifs is 1. The van der Waals surface area contributed by atoms with Gasteiger partial charge in [0.05, 0.1) is 10.4 Å². The van der Waals surface area contributed by atoms with Crippen molar-refractivity contribution in [2.24, 2.45) is 11.8 Å². The highest BCUT2D eigenvalue weighted by Gasteiger charge is 2.38. The molecule has 12 nitrogen and oxygen atoms in total. The minimum Gasteiger partial charge on any atom is -0.475 e. The Bertz CT molecular complexity index is 1670. The molecule has 0 unspecified atom stereocenters. The average molecular weight is 790 g/mol. The SMILES string of the molecule is CC(C)(C)OC(=O)NCCCCNc1nc(NCC2CCC(CNS(=O)(=O)c3ccc(Br)cc3)CC2)nc2ccccc12.O=C(O)C(F)(F)F. The number of carbonyl (C=O) groups excluding carboxylic acids is 1. The van der Waals surface area contributed by atoms with Crippen molar-refractivity contribution in [3.8, 4) is 0 Å².